The van der Waals surface area contributed by atoms with E-state index in [1.165, 1.54) is 17.4 Å². The molecule has 0 radical (unpaired) electrons. The molecule has 2 aliphatic heterocycles. The van der Waals surface area contributed by atoms with Gasteiger partial charge in [-0.25, -0.2) is 4.98 Å². The van der Waals surface area contributed by atoms with Gasteiger partial charge >= 0.3 is 0 Å². The predicted octanol–water partition coefficient (Wildman–Crippen LogP) is 3.98. The second kappa shape index (κ2) is 11.3. The number of anilines is 2. The minimum Gasteiger partial charge on any atom is -0.379 e. The van der Waals surface area contributed by atoms with E-state index >= 15 is 0 Å². The molecule has 1 aromatic heterocycles. The summed E-state index contributed by atoms with van der Waals surface area (Å²) in [5.74, 6) is -0.335. The topological polar surface area (TPSA) is 101 Å². The average Bonchev–Trinajstić information content (AvgIpc) is 3.38. The first-order valence-electron chi connectivity index (χ1n) is 12.2. The number of aryl methyl sites for hydroxylation is 1. The zero-order valence-corrected chi connectivity index (χ0v) is 22.1. The van der Waals surface area contributed by atoms with E-state index in [-0.39, 0.29) is 17.2 Å². The van der Waals surface area contributed by atoms with Crippen molar-refractivity contribution in [2.45, 2.75) is 6.92 Å². The van der Waals surface area contributed by atoms with Crippen molar-refractivity contribution < 1.29 is 19.2 Å². The number of nitro groups is 1. The lowest BCUT2D eigenvalue weighted by Gasteiger charge is -2.30. The van der Waals surface area contributed by atoms with Crippen molar-refractivity contribution in [1.29, 1.82) is 0 Å². The average molecular weight is 546 g/mol. The Balaban J connectivity index is 1.49. The predicted molar refractivity (Wildman–Crippen MR) is 144 cm³/mol. The maximum absolute atomic E-state index is 13.9. The smallest absolute Gasteiger partial charge is 0.293 e. The molecule has 2 saturated heterocycles. The molecule has 10 nitrogen and oxygen atoms in total. The minimum absolute atomic E-state index is 0.0935. The van der Waals surface area contributed by atoms with Crippen LogP contribution in [0.4, 0.5) is 16.5 Å². The number of fused-ring (bicyclic) bond motifs is 1. The molecule has 0 saturated carbocycles. The van der Waals surface area contributed by atoms with Gasteiger partial charge in [0.1, 0.15) is 5.69 Å². The Kier molecular flexibility index (Phi) is 7.87. The molecule has 2 fully saturated rings. The monoisotopic (exact) mass is 545 g/mol. The van der Waals surface area contributed by atoms with Gasteiger partial charge in [-0.2, -0.15) is 0 Å². The summed E-state index contributed by atoms with van der Waals surface area (Å²) in [5, 5.41) is 13.1. The minimum atomic E-state index is -0.430. The van der Waals surface area contributed by atoms with Crippen LogP contribution in [0.2, 0.25) is 5.02 Å². The zero-order valence-electron chi connectivity index (χ0n) is 20.5. The highest BCUT2D eigenvalue weighted by molar-refractivity contribution is 7.23. The summed E-state index contributed by atoms with van der Waals surface area (Å²) in [4.78, 5) is 36.0. The molecule has 3 aromatic rings. The highest BCUT2D eigenvalue weighted by atomic mass is 35.5. The largest absolute Gasteiger partial charge is 0.379 e. The summed E-state index contributed by atoms with van der Waals surface area (Å²) in [6.07, 6.45) is 0. The van der Waals surface area contributed by atoms with Crippen LogP contribution in [0.25, 0.3) is 10.2 Å². The Morgan fingerprint density at radius 2 is 1.84 bits per heavy atom. The van der Waals surface area contributed by atoms with Crippen LogP contribution in [-0.4, -0.2) is 86.4 Å². The second-order valence-electron chi connectivity index (χ2n) is 9.01. The van der Waals surface area contributed by atoms with E-state index in [0.29, 0.717) is 68.4 Å². The molecular weight excluding hydrogens is 518 g/mol. The van der Waals surface area contributed by atoms with Gasteiger partial charge in [0, 0.05) is 50.9 Å². The lowest BCUT2D eigenvalue weighted by atomic mass is 10.1. The van der Waals surface area contributed by atoms with Crippen molar-refractivity contribution in [3.63, 3.8) is 0 Å². The fourth-order valence-electron chi connectivity index (χ4n) is 4.59. The highest BCUT2D eigenvalue weighted by Crippen LogP contribution is 2.37. The van der Waals surface area contributed by atoms with E-state index in [4.69, 9.17) is 26.1 Å². The third kappa shape index (κ3) is 5.55. The third-order valence-corrected chi connectivity index (χ3v) is 8.22. The van der Waals surface area contributed by atoms with Crippen molar-refractivity contribution in [3.05, 3.63) is 56.6 Å². The Morgan fingerprint density at radius 1 is 1.14 bits per heavy atom. The van der Waals surface area contributed by atoms with E-state index in [1.54, 1.807) is 17.0 Å². The first-order chi connectivity index (χ1) is 17.9. The fraction of sp³-hybridized carbons (Fsp3) is 0.440. The molecule has 3 heterocycles. The van der Waals surface area contributed by atoms with Crippen molar-refractivity contribution in [1.82, 2.24) is 9.88 Å². The molecule has 0 unspecified atom stereocenters. The number of hydrogen-bond donors (Lipinski definition) is 0. The summed E-state index contributed by atoms with van der Waals surface area (Å²) in [6, 6.07) is 8.43. The van der Waals surface area contributed by atoms with Gasteiger partial charge in [-0.05, 0) is 30.7 Å². The highest BCUT2D eigenvalue weighted by Gasteiger charge is 2.28. The second-order valence-corrected chi connectivity index (χ2v) is 10.4. The molecule has 37 heavy (non-hydrogen) atoms. The molecule has 0 N–H and O–H groups in total. The first-order valence-corrected chi connectivity index (χ1v) is 13.4. The number of aromatic nitrogens is 1. The molecule has 1 amide bonds. The van der Waals surface area contributed by atoms with E-state index in [9.17, 15) is 14.9 Å². The van der Waals surface area contributed by atoms with Gasteiger partial charge in [-0.3, -0.25) is 24.7 Å². The normalized spacial score (nSPS) is 16.8. The molecule has 0 atom stereocenters. The molecule has 0 bridgehead atoms. The maximum atomic E-state index is 13.9. The lowest BCUT2D eigenvalue weighted by molar-refractivity contribution is -0.384. The Bertz CT molecular complexity index is 1270. The number of rotatable bonds is 7. The number of halogens is 1. The number of carbonyl (C=O) groups excluding carboxylic acids is 1. The van der Waals surface area contributed by atoms with E-state index in [2.05, 4.69) is 4.90 Å². The fourth-order valence-corrected chi connectivity index (χ4v) is 5.93. The van der Waals surface area contributed by atoms with Gasteiger partial charge in [-0.15, -0.1) is 0 Å². The third-order valence-electron chi connectivity index (χ3n) is 6.68. The summed E-state index contributed by atoms with van der Waals surface area (Å²) in [6.45, 7) is 7.98. The quantitative estimate of drug-likeness (QED) is 0.324. The number of hydrogen-bond acceptors (Lipinski definition) is 9. The van der Waals surface area contributed by atoms with Crippen LogP contribution in [0, 0.1) is 17.0 Å². The van der Waals surface area contributed by atoms with Crippen LogP contribution in [0.1, 0.15) is 15.9 Å². The van der Waals surface area contributed by atoms with Crippen molar-refractivity contribution in [2.24, 2.45) is 0 Å². The van der Waals surface area contributed by atoms with Gasteiger partial charge in [0.15, 0.2) is 5.13 Å². The number of ether oxygens (including phenoxy) is 2. The number of nitro benzene ring substituents is 1. The molecule has 12 heteroatoms. The standard InChI is InChI=1S/C25H28ClN5O5S/c1-17-2-4-19(26)23-22(17)27-25(37-23)30(7-6-28-8-12-35-13-9-28)24(32)18-3-5-20(21(16-18)31(33)34)29-10-14-36-15-11-29/h2-5,16H,6-15H2,1H3. The van der Waals surface area contributed by atoms with Crippen molar-refractivity contribution >= 4 is 55.6 Å². The molecular formula is C25H28ClN5O5S. The summed E-state index contributed by atoms with van der Waals surface area (Å²) in [7, 11) is 0. The maximum Gasteiger partial charge on any atom is 0.293 e. The van der Waals surface area contributed by atoms with Crippen molar-refractivity contribution in [3.8, 4) is 0 Å². The van der Waals surface area contributed by atoms with Crippen LogP contribution in [0.3, 0.4) is 0 Å². The van der Waals surface area contributed by atoms with Gasteiger partial charge in [-0.1, -0.05) is 29.0 Å². The van der Waals surface area contributed by atoms with Crippen LogP contribution >= 0.6 is 22.9 Å². The Labute approximate surface area is 223 Å². The van der Waals surface area contributed by atoms with Gasteiger partial charge in [0.25, 0.3) is 11.6 Å². The van der Waals surface area contributed by atoms with E-state index in [0.717, 1.165) is 28.9 Å². The van der Waals surface area contributed by atoms with E-state index < -0.39 is 4.92 Å². The number of thiazole rings is 1. The zero-order chi connectivity index (χ0) is 25.9. The number of amides is 1. The van der Waals surface area contributed by atoms with Crippen LogP contribution < -0.4 is 9.80 Å². The molecule has 5 rings (SSSR count). The van der Waals surface area contributed by atoms with Gasteiger partial charge < -0.3 is 14.4 Å². The van der Waals surface area contributed by atoms with E-state index in [1.807, 2.05) is 24.0 Å². The Morgan fingerprint density at radius 3 is 2.51 bits per heavy atom. The summed E-state index contributed by atoms with van der Waals surface area (Å²) in [5.41, 5.74) is 2.36. The number of carbonyl (C=O) groups is 1. The lowest BCUT2D eigenvalue weighted by Crippen LogP contribution is -2.43. The number of benzene rings is 2. The van der Waals surface area contributed by atoms with Gasteiger partial charge in [0.05, 0.1) is 46.6 Å². The molecule has 2 aliphatic rings. The van der Waals surface area contributed by atoms with Crippen molar-refractivity contribution in [2.75, 3.05) is 75.5 Å². The summed E-state index contributed by atoms with van der Waals surface area (Å²) >= 11 is 7.80. The van der Waals surface area contributed by atoms with Crippen LogP contribution in [-0.2, 0) is 9.47 Å². The summed E-state index contributed by atoms with van der Waals surface area (Å²) < 4.78 is 11.6. The SMILES string of the molecule is Cc1ccc(Cl)c2sc(N(CCN3CCOCC3)C(=O)c3ccc(N4CCOCC4)c([N+](=O)[O-])c3)nc12. The Hall–Kier alpha value is -2.83. The molecule has 0 spiro atoms. The number of morpholine rings is 2. The molecule has 196 valence electrons. The van der Waals surface area contributed by atoms with Gasteiger partial charge in [0.2, 0.25) is 0 Å². The molecule has 0 aliphatic carbocycles. The first kappa shape index (κ1) is 25.8. The molecule has 2 aromatic carbocycles. The van der Waals surface area contributed by atoms with Crippen LogP contribution in [0.5, 0.6) is 0 Å². The number of nitrogens with zero attached hydrogens (tertiary/aromatic N) is 5. The van der Waals surface area contributed by atoms with Crippen LogP contribution in [0.15, 0.2) is 30.3 Å².